The molecule has 0 atom stereocenters. The summed E-state index contributed by atoms with van der Waals surface area (Å²) in [6.07, 6.45) is 4.60. The molecule has 38 heavy (non-hydrogen) atoms. The summed E-state index contributed by atoms with van der Waals surface area (Å²) in [6, 6.07) is 16.2. The zero-order valence-corrected chi connectivity index (χ0v) is 21.2. The van der Waals surface area contributed by atoms with E-state index in [0.29, 0.717) is 22.4 Å². The lowest BCUT2D eigenvalue weighted by molar-refractivity contribution is 0.0956. The largest absolute Gasteiger partial charge is 0.372 e. The fraction of sp³-hybridized carbons (Fsp3) is 0.222. The molecule has 9 nitrogen and oxygen atoms in total. The standard InChI is InChI=1S/C27H25ClFN7O2/c28-23-9-7-19(14-24(23)29)16-31-34-27(38)22-15-21(36-11-2-1-3-12-36)8-10-25(22)33-26(37)20-6-4-5-18(13-20)17-32-35-30/h4-10,13-16H,1-3,11-12,17H2,(H,33,37)(H,34,38). The van der Waals surface area contributed by atoms with Crippen LogP contribution in [0.4, 0.5) is 15.8 Å². The van der Waals surface area contributed by atoms with Gasteiger partial charge in [0.2, 0.25) is 0 Å². The van der Waals surface area contributed by atoms with Gasteiger partial charge in [0.15, 0.2) is 0 Å². The van der Waals surface area contributed by atoms with Crippen LogP contribution in [-0.2, 0) is 6.54 Å². The Balaban J connectivity index is 1.57. The molecule has 1 saturated heterocycles. The van der Waals surface area contributed by atoms with Crippen LogP contribution in [0.25, 0.3) is 10.4 Å². The Kier molecular flexibility index (Phi) is 8.92. The molecule has 0 spiro atoms. The van der Waals surface area contributed by atoms with E-state index >= 15 is 0 Å². The van der Waals surface area contributed by atoms with E-state index in [2.05, 4.69) is 30.8 Å². The molecule has 11 heteroatoms. The maximum absolute atomic E-state index is 13.7. The average molecular weight is 534 g/mol. The number of nitrogens with zero attached hydrogens (tertiary/aromatic N) is 5. The van der Waals surface area contributed by atoms with E-state index in [4.69, 9.17) is 17.1 Å². The van der Waals surface area contributed by atoms with E-state index in [1.54, 1.807) is 42.5 Å². The van der Waals surface area contributed by atoms with Crippen molar-refractivity contribution in [3.05, 3.63) is 104 Å². The van der Waals surface area contributed by atoms with Crippen LogP contribution in [-0.4, -0.2) is 31.1 Å². The smallest absolute Gasteiger partial charge is 0.273 e. The number of rotatable bonds is 8. The molecule has 3 aromatic carbocycles. The van der Waals surface area contributed by atoms with Gasteiger partial charge in [-0.25, -0.2) is 9.82 Å². The number of azide groups is 1. The summed E-state index contributed by atoms with van der Waals surface area (Å²) in [7, 11) is 0. The van der Waals surface area contributed by atoms with Gasteiger partial charge in [0.05, 0.1) is 29.0 Å². The van der Waals surface area contributed by atoms with Crippen LogP contribution in [0.3, 0.4) is 0 Å². The average Bonchev–Trinajstić information content (AvgIpc) is 2.94. The van der Waals surface area contributed by atoms with E-state index in [9.17, 15) is 14.0 Å². The molecule has 0 aliphatic carbocycles. The molecule has 0 saturated carbocycles. The molecule has 0 unspecified atom stereocenters. The van der Waals surface area contributed by atoms with E-state index in [1.165, 1.54) is 18.3 Å². The molecule has 194 valence electrons. The topological polar surface area (TPSA) is 123 Å². The number of amides is 2. The van der Waals surface area contributed by atoms with Crippen molar-refractivity contribution >= 4 is 41.0 Å². The van der Waals surface area contributed by atoms with Gasteiger partial charge < -0.3 is 10.2 Å². The van der Waals surface area contributed by atoms with Crippen molar-refractivity contribution in [2.45, 2.75) is 25.8 Å². The molecule has 0 radical (unpaired) electrons. The molecular weight excluding hydrogens is 509 g/mol. The van der Waals surface area contributed by atoms with Crippen molar-refractivity contribution in [2.24, 2.45) is 10.2 Å². The predicted octanol–water partition coefficient (Wildman–Crippen LogP) is 6.30. The van der Waals surface area contributed by atoms with Gasteiger partial charge in [-0.15, -0.1) is 0 Å². The number of carbonyl (C=O) groups is 2. The molecule has 1 fully saturated rings. The maximum atomic E-state index is 13.7. The highest BCUT2D eigenvalue weighted by molar-refractivity contribution is 6.30. The predicted molar refractivity (Wildman–Crippen MR) is 146 cm³/mol. The van der Waals surface area contributed by atoms with Crippen LogP contribution in [0.5, 0.6) is 0 Å². The molecule has 1 heterocycles. The number of hydrazone groups is 1. The van der Waals surface area contributed by atoms with E-state index in [-0.39, 0.29) is 17.1 Å². The number of piperidine rings is 1. The van der Waals surface area contributed by atoms with Crippen molar-refractivity contribution in [1.82, 2.24) is 5.43 Å². The Labute approximate surface area is 223 Å². The minimum atomic E-state index is -0.593. The van der Waals surface area contributed by atoms with Crippen LogP contribution >= 0.6 is 11.6 Å². The van der Waals surface area contributed by atoms with Crippen LogP contribution in [0.15, 0.2) is 70.9 Å². The summed E-state index contributed by atoms with van der Waals surface area (Å²) in [4.78, 5) is 31.1. The van der Waals surface area contributed by atoms with Crippen LogP contribution in [0, 0.1) is 5.82 Å². The van der Waals surface area contributed by atoms with Crippen LogP contribution < -0.4 is 15.6 Å². The lowest BCUT2D eigenvalue weighted by Crippen LogP contribution is -2.30. The minimum absolute atomic E-state index is 0.00979. The Morgan fingerprint density at radius 3 is 2.63 bits per heavy atom. The third kappa shape index (κ3) is 6.88. The van der Waals surface area contributed by atoms with Gasteiger partial charge in [0.1, 0.15) is 5.82 Å². The third-order valence-corrected chi connectivity index (χ3v) is 6.35. The summed E-state index contributed by atoms with van der Waals surface area (Å²) in [6.45, 7) is 1.88. The highest BCUT2D eigenvalue weighted by Gasteiger charge is 2.18. The summed E-state index contributed by atoms with van der Waals surface area (Å²) in [5.41, 5.74) is 13.9. The minimum Gasteiger partial charge on any atom is -0.372 e. The molecule has 3 aromatic rings. The Bertz CT molecular complexity index is 1420. The Morgan fingerprint density at radius 1 is 1.05 bits per heavy atom. The van der Waals surface area contributed by atoms with Crippen molar-refractivity contribution in [2.75, 3.05) is 23.3 Å². The number of nitrogens with one attached hydrogen (secondary N) is 2. The van der Waals surface area contributed by atoms with Crippen molar-refractivity contribution in [3.8, 4) is 0 Å². The molecule has 0 bridgehead atoms. The Morgan fingerprint density at radius 2 is 1.87 bits per heavy atom. The van der Waals surface area contributed by atoms with E-state index < -0.39 is 17.6 Å². The van der Waals surface area contributed by atoms with Crippen LogP contribution in [0.2, 0.25) is 5.02 Å². The van der Waals surface area contributed by atoms with E-state index in [0.717, 1.165) is 38.0 Å². The molecular formula is C27H25ClFN7O2. The number of carbonyl (C=O) groups excluding carboxylic acids is 2. The molecule has 1 aliphatic rings. The third-order valence-electron chi connectivity index (χ3n) is 6.05. The SMILES string of the molecule is [N-]=[N+]=NCc1cccc(C(=O)Nc2ccc(N3CCCCC3)cc2C(=O)NN=Cc2ccc(Cl)c(F)c2)c1. The fourth-order valence-corrected chi connectivity index (χ4v) is 4.23. The number of anilines is 2. The number of benzene rings is 3. The van der Waals surface area contributed by atoms with Crippen molar-refractivity contribution in [3.63, 3.8) is 0 Å². The summed E-state index contributed by atoms with van der Waals surface area (Å²) in [5, 5.41) is 10.3. The second-order valence-electron chi connectivity index (χ2n) is 8.69. The first kappa shape index (κ1) is 26.7. The van der Waals surface area contributed by atoms with Gasteiger partial charge >= 0.3 is 0 Å². The lowest BCUT2D eigenvalue weighted by atomic mass is 10.1. The molecule has 0 aromatic heterocycles. The summed E-state index contributed by atoms with van der Waals surface area (Å²) >= 11 is 5.71. The van der Waals surface area contributed by atoms with Gasteiger partial charge in [0, 0.05) is 29.3 Å². The van der Waals surface area contributed by atoms with Gasteiger partial charge in [0.25, 0.3) is 11.8 Å². The van der Waals surface area contributed by atoms with Gasteiger partial charge in [-0.1, -0.05) is 34.9 Å². The number of halogens is 2. The van der Waals surface area contributed by atoms with Crippen molar-refractivity contribution < 1.29 is 14.0 Å². The van der Waals surface area contributed by atoms with Crippen LogP contribution in [0.1, 0.15) is 51.1 Å². The first-order chi connectivity index (χ1) is 18.4. The molecule has 4 rings (SSSR count). The highest BCUT2D eigenvalue weighted by Crippen LogP contribution is 2.26. The molecule has 2 N–H and O–H groups in total. The molecule has 2 amide bonds. The zero-order chi connectivity index (χ0) is 26.9. The summed E-state index contributed by atoms with van der Waals surface area (Å²) in [5.74, 6) is -1.56. The Hall–Kier alpha value is -4.40. The van der Waals surface area contributed by atoms with Crippen molar-refractivity contribution in [1.29, 1.82) is 0 Å². The normalized spacial score (nSPS) is 13.2. The van der Waals surface area contributed by atoms with Gasteiger partial charge in [-0.05, 0) is 78.4 Å². The fourth-order valence-electron chi connectivity index (χ4n) is 4.11. The number of hydrogen-bond acceptors (Lipinski definition) is 5. The number of hydrogen-bond donors (Lipinski definition) is 2. The quantitative estimate of drug-likeness (QED) is 0.116. The second-order valence-corrected chi connectivity index (χ2v) is 9.10. The zero-order valence-electron chi connectivity index (χ0n) is 20.4. The molecule has 1 aliphatic heterocycles. The van der Waals surface area contributed by atoms with E-state index in [1.807, 2.05) is 6.07 Å². The highest BCUT2D eigenvalue weighted by atomic mass is 35.5. The first-order valence-electron chi connectivity index (χ1n) is 12.0. The van der Waals surface area contributed by atoms with Gasteiger partial charge in [-0.2, -0.15) is 5.10 Å². The lowest BCUT2D eigenvalue weighted by Gasteiger charge is -2.29. The maximum Gasteiger partial charge on any atom is 0.273 e. The summed E-state index contributed by atoms with van der Waals surface area (Å²) < 4.78 is 13.7. The van der Waals surface area contributed by atoms with Gasteiger partial charge in [-0.3, -0.25) is 9.59 Å². The monoisotopic (exact) mass is 533 g/mol. The first-order valence-corrected chi connectivity index (χ1v) is 12.4. The second kappa shape index (κ2) is 12.7.